The number of fused-ring (bicyclic) bond motifs is 4. The minimum Gasteiger partial charge on any atom is -0.504 e. The van der Waals surface area contributed by atoms with Crippen LogP contribution >= 0.6 is 23.2 Å². The number of aromatic hydroxyl groups is 1. The zero-order valence-corrected chi connectivity index (χ0v) is 27.1. The zero-order valence-electron chi connectivity index (χ0n) is 25.6. The van der Waals surface area contributed by atoms with Crippen LogP contribution in [0.3, 0.4) is 0 Å². The van der Waals surface area contributed by atoms with Crippen LogP contribution in [0, 0.1) is 23.7 Å². The third kappa shape index (κ3) is 4.96. The molecule has 49 heavy (non-hydrogen) atoms. The Morgan fingerprint density at radius 1 is 1.08 bits per heavy atom. The minimum atomic E-state index is -4.75. The molecular formula is C34H27Cl2F3N4O6. The summed E-state index contributed by atoms with van der Waals surface area (Å²) in [5.74, 6) is -7.55. The van der Waals surface area contributed by atoms with Gasteiger partial charge in [0.2, 0.25) is 11.8 Å². The van der Waals surface area contributed by atoms with E-state index < -0.39 is 75.4 Å². The fourth-order valence-electron chi connectivity index (χ4n) is 8.08. The molecule has 2 saturated heterocycles. The van der Waals surface area contributed by atoms with E-state index in [9.17, 15) is 32.7 Å². The van der Waals surface area contributed by atoms with Gasteiger partial charge in [0.1, 0.15) is 0 Å². The van der Waals surface area contributed by atoms with Gasteiger partial charge in [-0.15, -0.1) is 0 Å². The molecule has 15 heteroatoms. The summed E-state index contributed by atoms with van der Waals surface area (Å²) >= 11 is 12.5. The molecular weight excluding hydrogens is 688 g/mol. The second kappa shape index (κ2) is 11.8. The predicted octanol–water partition coefficient (Wildman–Crippen LogP) is 5.78. The van der Waals surface area contributed by atoms with Crippen LogP contribution in [0.15, 0.2) is 66.4 Å². The van der Waals surface area contributed by atoms with E-state index in [4.69, 9.17) is 27.9 Å². The normalized spacial score (nSPS) is 27.7. The van der Waals surface area contributed by atoms with Crippen LogP contribution in [0.2, 0.25) is 10.0 Å². The third-order valence-electron chi connectivity index (χ3n) is 10.0. The number of hydrogen-bond donors (Lipinski definition) is 3. The number of rotatable bonds is 6. The van der Waals surface area contributed by atoms with Crippen molar-refractivity contribution in [3.05, 3.63) is 93.1 Å². The lowest BCUT2D eigenvalue weighted by atomic mass is 9.49. The number of nitrogens with zero attached hydrogens (tertiary/aromatic N) is 2. The van der Waals surface area contributed by atoms with Gasteiger partial charge in [-0.05, 0) is 55.5 Å². The Hall–Kier alpha value is -4.62. The number of halogens is 5. The number of carbonyl (C=O) groups is 4. The van der Waals surface area contributed by atoms with Crippen molar-refractivity contribution >= 4 is 52.6 Å². The molecule has 0 radical (unpaired) electrons. The van der Waals surface area contributed by atoms with Crippen molar-refractivity contribution in [2.45, 2.75) is 37.3 Å². The quantitative estimate of drug-likeness (QED) is 0.216. The third-order valence-corrected chi connectivity index (χ3v) is 10.6. The van der Waals surface area contributed by atoms with E-state index in [0.29, 0.717) is 33.4 Å². The summed E-state index contributed by atoms with van der Waals surface area (Å²) in [6.45, 7) is 1.94. The molecule has 2 aliphatic heterocycles. The maximum atomic E-state index is 15.1. The Balaban J connectivity index is 1.46. The summed E-state index contributed by atoms with van der Waals surface area (Å²) in [5, 5.41) is 14.6. The Bertz CT molecular complexity index is 1950. The van der Waals surface area contributed by atoms with E-state index in [2.05, 4.69) is 15.7 Å². The number of anilines is 1. The molecule has 254 valence electrons. The van der Waals surface area contributed by atoms with Gasteiger partial charge in [0.05, 0.1) is 40.4 Å². The van der Waals surface area contributed by atoms with Crippen molar-refractivity contribution < 1.29 is 42.2 Å². The second-order valence-corrected chi connectivity index (χ2v) is 13.2. The number of phenolic OH excluding ortho intramolecular Hbond substituents is 1. The molecule has 2 aromatic carbocycles. The number of allylic oxidation sites excluding steroid dienone is 2. The topological polar surface area (TPSA) is 138 Å². The van der Waals surface area contributed by atoms with Crippen LogP contribution in [0.1, 0.15) is 42.4 Å². The van der Waals surface area contributed by atoms with Gasteiger partial charge in [0.25, 0.3) is 11.8 Å². The lowest BCUT2D eigenvalue weighted by molar-refractivity contribution is -0.139. The number of imide groups is 2. The summed E-state index contributed by atoms with van der Waals surface area (Å²) in [6.07, 6.45) is -2.29. The standard InChI is InChI=1S/C34H27Cl2F3N4O6/c1-2-49-24-5-3-4-20(27(24)44)26-18-10-11-19-25(30(46)41-29(19)45)21(18)13-22-31(47)43(32(48)33(22,26)15-6-8-17(35)9-7-15)42-28-23(36)12-16(14-40-28)34(37,38)39/h3-10,12,14,19,21-22,25-26,44H,2,11,13H2,1H3,(H,40,42)(H,41,45,46). The second-order valence-electron chi connectivity index (χ2n) is 12.4. The highest BCUT2D eigenvalue weighted by Gasteiger charge is 2.70. The van der Waals surface area contributed by atoms with E-state index in [0.717, 1.165) is 0 Å². The number of benzene rings is 2. The Kier molecular flexibility index (Phi) is 7.90. The van der Waals surface area contributed by atoms with Crippen molar-refractivity contribution in [3.8, 4) is 11.5 Å². The molecule has 6 atom stereocenters. The van der Waals surface area contributed by atoms with Gasteiger partial charge >= 0.3 is 6.18 Å². The summed E-state index contributed by atoms with van der Waals surface area (Å²) in [7, 11) is 0. The van der Waals surface area contributed by atoms with E-state index in [1.807, 2.05) is 0 Å². The minimum absolute atomic E-state index is 0.0460. The molecule has 10 nitrogen and oxygen atoms in total. The number of pyridine rings is 1. The van der Waals surface area contributed by atoms with Gasteiger partial charge in [-0.2, -0.15) is 18.2 Å². The fourth-order valence-corrected chi connectivity index (χ4v) is 8.42. The summed E-state index contributed by atoms with van der Waals surface area (Å²) in [6, 6.07) is 11.7. The van der Waals surface area contributed by atoms with Crippen molar-refractivity contribution in [1.29, 1.82) is 0 Å². The zero-order chi connectivity index (χ0) is 35.0. The fraction of sp³-hybridized carbons (Fsp3) is 0.324. The molecule has 0 spiro atoms. The van der Waals surface area contributed by atoms with Gasteiger partial charge in [-0.3, -0.25) is 29.9 Å². The first-order chi connectivity index (χ1) is 23.3. The molecule has 3 N–H and O–H groups in total. The molecule has 1 aromatic heterocycles. The van der Waals surface area contributed by atoms with Gasteiger partial charge in [0, 0.05) is 22.7 Å². The number of carbonyl (C=O) groups excluding carboxylic acids is 4. The molecule has 4 amide bonds. The highest BCUT2D eigenvalue weighted by Crippen LogP contribution is 2.65. The van der Waals surface area contributed by atoms with Gasteiger partial charge in [0.15, 0.2) is 17.3 Å². The average molecular weight is 716 g/mol. The van der Waals surface area contributed by atoms with Crippen LogP contribution in [-0.2, 0) is 30.8 Å². The molecule has 4 aliphatic rings. The molecule has 2 aliphatic carbocycles. The van der Waals surface area contributed by atoms with E-state index >= 15 is 4.79 Å². The average Bonchev–Trinajstić information content (AvgIpc) is 3.47. The molecule has 3 heterocycles. The maximum Gasteiger partial charge on any atom is 0.417 e. The Morgan fingerprint density at radius 2 is 1.82 bits per heavy atom. The Morgan fingerprint density at radius 3 is 2.49 bits per heavy atom. The lowest BCUT2D eigenvalue weighted by Crippen LogP contribution is -2.53. The number of hydrogen-bond acceptors (Lipinski definition) is 8. The largest absolute Gasteiger partial charge is 0.504 e. The first kappa shape index (κ1) is 32.9. The highest BCUT2D eigenvalue weighted by atomic mass is 35.5. The lowest BCUT2D eigenvalue weighted by Gasteiger charge is -2.50. The van der Waals surface area contributed by atoms with Crippen molar-refractivity contribution in [2.75, 3.05) is 12.0 Å². The van der Waals surface area contributed by atoms with Crippen molar-refractivity contribution in [3.63, 3.8) is 0 Å². The number of aromatic nitrogens is 1. The van der Waals surface area contributed by atoms with Crippen molar-refractivity contribution in [1.82, 2.24) is 15.3 Å². The molecule has 3 aromatic rings. The van der Waals surface area contributed by atoms with E-state index in [-0.39, 0.29) is 42.3 Å². The summed E-state index contributed by atoms with van der Waals surface area (Å²) in [5.41, 5.74) is 0.820. The number of amides is 4. The van der Waals surface area contributed by atoms with Crippen LogP contribution in [-0.4, -0.2) is 45.3 Å². The summed E-state index contributed by atoms with van der Waals surface area (Å²) in [4.78, 5) is 59.5. The number of ether oxygens (including phenoxy) is 1. The predicted molar refractivity (Wildman–Crippen MR) is 169 cm³/mol. The van der Waals surface area contributed by atoms with E-state index in [1.54, 1.807) is 55.5 Å². The molecule has 6 unspecified atom stereocenters. The smallest absolute Gasteiger partial charge is 0.417 e. The molecule has 1 saturated carbocycles. The number of alkyl halides is 3. The van der Waals surface area contributed by atoms with E-state index in [1.165, 1.54) is 0 Å². The van der Waals surface area contributed by atoms with Crippen LogP contribution < -0.4 is 15.5 Å². The molecule has 7 rings (SSSR count). The molecule has 0 bridgehead atoms. The van der Waals surface area contributed by atoms with Crippen molar-refractivity contribution in [2.24, 2.45) is 23.7 Å². The molecule has 3 fully saturated rings. The van der Waals surface area contributed by atoms with Gasteiger partial charge in [-0.1, -0.05) is 59.1 Å². The SMILES string of the molecule is CCOc1cccc(C2C3=CCC4C(=O)NC(=O)C4C3CC3C(=O)N(Nc4ncc(C(F)(F)F)cc4Cl)C(=O)C32c2ccc(Cl)cc2)c1O. The number of phenols is 1. The van der Waals surface area contributed by atoms with Crippen LogP contribution in [0.5, 0.6) is 11.5 Å². The van der Waals surface area contributed by atoms with Gasteiger partial charge < -0.3 is 9.84 Å². The maximum absolute atomic E-state index is 15.1. The number of hydrazine groups is 1. The van der Waals surface area contributed by atoms with Crippen LogP contribution in [0.4, 0.5) is 19.0 Å². The first-order valence-corrected chi connectivity index (χ1v) is 16.2. The monoisotopic (exact) mass is 714 g/mol. The number of nitrogens with one attached hydrogen (secondary N) is 2. The highest BCUT2D eigenvalue weighted by molar-refractivity contribution is 6.33. The van der Waals surface area contributed by atoms with Gasteiger partial charge in [-0.25, -0.2) is 4.98 Å². The van der Waals surface area contributed by atoms with Crippen LogP contribution in [0.25, 0.3) is 0 Å². The summed E-state index contributed by atoms with van der Waals surface area (Å²) < 4.78 is 45.8. The number of para-hydroxylation sites is 1. The first-order valence-electron chi connectivity index (χ1n) is 15.4. The Labute approximate surface area is 287 Å².